The van der Waals surface area contributed by atoms with Crippen LogP contribution in [0.25, 0.3) is 11.4 Å². The second kappa shape index (κ2) is 7.32. The van der Waals surface area contributed by atoms with Crippen molar-refractivity contribution < 1.29 is 10.0 Å². The predicted molar refractivity (Wildman–Crippen MR) is 97.4 cm³/mol. The molecule has 0 aliphatic rings. The lowest BCUT2D eigenvalue weighted by atomic mass is 10.1. The molecule has 0 radical (unpaired) electrons. The van der Waals surface area contributed by atoms with Gasteiger partial charge in [0.1, 0.15) is 5.82 Å². The van der Waals surface area contributed by atoms with Gasteiger partial charge in [0, 0.05) is 17.4 Å². The van der Waals surface area contributed by atoms with Crippen LogP contribution in [-0.2, 0) is 0 Å². The number of rotatable bonds is 5. The van der Waals surface area contributed by atoms with E-state index in [0.717, 1.165) is 28.6 Å². The highest BCUT2D eigenvalue weighted by Crippen LogP contribution is 2.26. The van der Waals surface area contributed by atoms with Gasteiger partial charge < -0.3 is 10.3 Å². The zero-order chi connectivity index (χ0) is 18.7. The van der Waals surface area contributed by atoms with E-state index in [1.165, 1.54) is 0 Å². The van der Waals surface area contributed by atoms with Crippen LogP contribution < -0.4 is 10.8 Å². The summed E-state index contributed by atoms with van der Waals surface area (Å²) < 4.78 is 0. The van der Waals surface area contributed by atoms with Crippen LogP contribution >= 0.6 is 0 Å². The number of H-pyrrole nitrogens is 1. The van der Waals surface area contributed by atoms with Crippen molar-refractivity contribution in [1.82, 2.24) is 25.4 Å². The first-order chi connectivity index (χ1) is 12.5. The molecule has 0 unspecified atom stereocenters. The standard InChI is InChI=1S/C18H20N6O2/c1-10(2)15-16(21-11(3)20-15)14-8-9-19-18(23-14)22-13-6-4-12(5-7-13)17(25)24-26/h4-10,26H,1-3H3,(H,20,21)(H,24,25)(H,19,22,23). The number of benzene rings is 1. The lowest BCUT2D eigenvalue weighted by Gasteiger charge is -2.08. The van der Waals surface area contributed by atoms with Crippen LogP contribution in [0.4, 0.5) is 11.6 Å². The molecule has 0 bridgehead atoms. The van der Waals surface area contributed by atoms with Crippen LogP contribution in [-0.4, -0.2) is 31.1 Å². The average Bonchev–Trinajstić information content (AvgIpc) is 3.04. The summed E-state index contributed by atoms with van der Waals surface area (Å²) in [5, 5.41) is 11.8. The Morgan fingerprint density at radius 3 is 2.54 bits per heavy atom. The molecule has 2 heterocycles. The molecule has 0 fully saturated rings. The molecule has 134 valence electrons. The number of hydrogen-bond acceptors (Lipinski definition) is 6. The van der Waals surface area contributed by atoms with Crippen molar-refractivity contribution in [3.63, 3.8) is 0 Å². The van der Waals surface area contributed by atoms with Crippen molar-refractivity contribution in [2.75, 3.05) is 5.32 Å². The van der Waals surface area contributed by atoms with Gasteiger partial charge in [-0.15, -0.1) is 0 Å². The van der Waals surface area contributed by atoms with Crippen molar-refractivity contribution in [3.05, 3.63) is 53.6 Å². The molecule has 0 aliphatic heterocycles. The fourth-order valence-electron chi connectivity index (χ4n) is 2.58. The summed E-state index contributed by atoms with van der Waals surface area (Å²) in [4.78, 5) is 28.0. The first-order valence-corrected chi connectivity index (χ1v) is 8.19. The Hall–Kier alpha value is -3.26. The Balaban J connectivity index is 1.85. The van der Waals surface area contributed by atoms with E-state index >= 15 is 0 Å². The highest BCUT2D eigenvalue weighted by Gasteiger charge is 2.15. The van der Waals surface area contributed by atoms with Crippen LogP contribution in [0.2, 0.25) is 0 Å². The largest absolute Gasteiger partial charge is 0.341 e. The second-order valence-corrected chi connectivity index (χ2v) is 6.15. The first-order valence-electron chi connectivity index (χ1n) is 8.19. The highest BCUT2D eigenvalue weighted by atomic mass is 16.5. The van der Waals surface area contributed by atoms with E-state index in [1.807, 2.05) is 13.0 Å². The fourth-order valence-corrected chi connectivity index (χ4v) is 2.58. The predicted octanol–water partition coefficient (Wildman–Crippen LogP) is 3.16. The smallest absolute Gasteiger partial charge is 0.274 e. The number of imidazole rings is 1. The third-order valence-electron chi connectivity index (χ3n) is 3.81. The van der Waals surface area contributed by atoms with Crippen LogP contribution in [0.15, 0.2) is 36.5 Å². The number of nitrogens with zero attached hydrogens (tertiary/aromatic N) is 3. The van der Waals surface area contributed by atoms with Crippen molar-refractivity contribution in [2.24, 2.45) is 0 Å². The zero-order valence-electron chi connectivity index (χ0n) is 14.7. The molecule has 0 aliphatic carbocycles. The van der Waals surface area contributed by atoms with Gasteiger partial charge in [-0.25, -0.2) is 20.4 Å². The molecule has 8 heteroatoms. The Kier molecular flexibility index (Phi) is 4.94. The summed E-state index contributed by atoms with van der Waals surface area (Å²) in [6.07, 6.45) is 1.68. The Morgan fingerprint density at radius 1 is 1.15 bits per heavy atom. The number of carbonyl (C=O) groups excluding carboxylic acids is 1. The zero-order valence-corrected chi connectivity index (χ0v) is 14.7. The van der Waals surface area contributed by atoms with Gasteiger partial charge in [-0.2, -0.15) is 0 Å². The summed E-state index contributed by atoms with van der Waals surface area (Å²) in [5.74, 6) is 0.982. The molecule has 1 aromatic carbocycles. The molecule has 0 spiro atoms. The van der Waals surface area contributed by atoms with Gasteiger partial charge in [0.15, 0.2) is 0 Å². The minimum atomic E-state index is -0.564. The molecule has 3 aromatic rings. The van der Waals surface area contributed by atoms with E-state index in [2.05, 4.69) is 39.1 Å². The molecule has 1 amide bonds. The van der Waals surface area contributed by atoms with Crippen LogP contribution in [0.3, 0.4) is 0 Å². The quantitative estimate of drug-likeness (QED) is 0.414. The number of aromatic amines is 1. The van der Waals surface area contributed by atoms with E-state index in [1.54, 1.807) is 35.9 Å². The summed E-state index contributed by atoms with van der Waals surface area (Å²) in [6, 6.07) is 8.43. The van der Waals surface area contributed by atoms with Gasteiger partial charge in [0.05, 0.1) is 17.1 Å². The normalized spacial score (nSPS) is 10.8. The summed E-state index contributed by atoms with van der Waals surface area (Å²) >= 11 is 0. The number of nitrogens with one attached hydrogen (secondary N) is 3. The van der Waals surface area contributed by atoms with Crippen LogP contribution in [0.1, 0.15) is 41.6 Å². The Bertz CT molecular complexity index is 918. The molecule has 3 rings (SSSR count). The second-order valence-electron chi connectivity index (χ2n) is 6.15. The van der Waals surface area contributed by atoms with E-state index in [4.69, 9.17) is 5.21 Å². The fraction of sp³-hybridized carbons (Fsp3) is 0.222. The summed E-state index contributed by atoms with van der Waals surface area (Å²) in [5.41, 5.74) is 5.28. The minimum absolute atomic E-state index is 0.270. The van der Waals surface area contributed by atoms with Crippen molar-refractivity contribution in [2.45, 2.75) is 26.7 Å². The summed E-state index contributed by atoms with van der Waals surface area (Å²) in [6.45, 7) is 6.09. The van der Waals surface area contributed by atoms with Gasteiger partial charge in [-0.3, -0.25) is 10.0 Å². The van der Waals surface area contributed by atoms with E-state index in [-0.39, 0.29) is 5.92 Å². The molecule has 0 saturated carbocycles. The van der Waals surface area contributed by atoms with Gasteiger partial charge in [0.2, 0.25) is 5.95 Å². The third-order valence-corrected chi connectivity index (χ3v) is 3.81. The molecule has 8 nitrogen and oxygen atoms in total. The van der Waals surface area contributed by atoms with Crippen LogP contribution in [0.5, 0.6) is 0 Å². The lowest BCUT2D eigenvalue weighted by molar-refractivity contribution is 0.0706. The SMILES string of the molecule is Cc1nc(C(C)C)c(-c2ccnc(Nc3ccc(C(=O)NO)cc3)n2)[nH]1. The van der Waals surface area contributed by atoms with E-state index in [9.17, 15) is 4.79 Å². The minimum Gasteiger partial charge on any atom is -0.341 e. The summed E-state index contributed by atoms with van der Waals surface area (Å²) in [7, 11) is 0. The number of hydroxylamine groups is 1. The Labute approximate surface area is 150 Å². The maximum Gasteiger partial charge on any atom is 0.274 e. The van der Waals surface area contributed by atoms with Crippen LogP contribution in [0, 0.1) is 6.92 Å². The first kappa shape index (κ1) is 17.6. The lowest BCUT2D eigenvalue weighted by Crippen LogP contribution is -2.18. The number of anilines is 2. The molecule has 0 saturated heterocycles. The van der Waals surface area contributed by atoms with E-state index < -0.39 is 5.91 Å². The van der Waals surface area contributed by atoms with Gasteiger partial charge in [-0.05, 0) is 43.2 Å². The number of hydrogen-bond donors (Lipinski definition) is 4. The highest BCUT2D eigenvalue weighted by molar-refractivity contribution is 5.93. The van der Waals surface area contributed by atoms with Crippen molar-refractivity contribution in [1.29, 1.82) is 0 Å². The monoisotopic (exact) mass is 352 g/mol. The molecular weight excluding hydrogens is 332 g/mol. The van der Waals surface area contributed by atoms with Crippen molar-refractivity contribution in [3.8, 4) is 11.4 Å². The van der Waals surface area contributed by atoms with Crippen molar-refractivity contribution >= 4 is 17.5 Å². The maximum atomic E-state index is 11.4. The van der Waals surface area contributed by atoms with Gasteiger partial charge in [-0.1, -0.05) is 13.8 Å². The third kappa shape index (κ3) is 3.70. The number of amides is 1. The molecule has 4 N–H and O–H groups in total. The van der Waals surface area contributed by atoms with E-state index in [0.29, 0.717) is 11.5 Å². The molecule has 26 heavy (non-hydrogen) atoms. The number of aryl methyl sites for hydroxylation is 1. The Morgan fingerprint density at radius 2 is 1.88 bits per heavy atom. The maximum absolute atomic E-state index is 11.4. The number of carbonyl (C=O) groups is 1. The average molecular weight is 352 g/mol. The molecule has 2 aromatic heterocycles. The van der Waals surface area contributed by atoms with Gasteiger partial charge in [0.25, 0.3) is 5.91 Å². The topological polar surface area (TPSA) is 116 Å². The molecule has 0 atom stereocenters. The van der Waals surface area contributed by atoms with Gasteiger partial charge >= 0.3 is 0 Å². The molecular formula is C18H20N6O2. The number of aromatic nitrogens is 4.